The van der Waals surface area contributed by atoms with Gasteiger partial charge in [-0.3, -0.25) is 9.59 Å². The third-order valence-electron chi connectivity index (χ3n) is 6.28. The Morgan fingerprint density at radius 2 is 1.48 bits per heavy atom. The van der Waals surface area contributed by atoms with Crippen LogP contribution in [0, 0.1) is 0 Å². The number of anilines is 3. The summed E-state index contributed by atoms with van der Waals surface area (Å²) in [6.45, 7) is 0. The topological polar surface area (TPSA) is 188 Å². The molecular weight excluding hydrogens is 504 g/mol. The predicted octanol–water partition coefficient (Wildman–Crippen LogP) is 3.49. The van der Waals surface area contributed by atoms with Gasteiger partial charge >= 0.3 is 0 Å². The molecule has 0 spiro atoms. The molecule has 1 fully saturated rings. The molecule has 1 aromatic heterocycles. The number of amides is 2. The van der Waals surface area contributed by atoms with Crippen molar-refractivity contribution < 1.29 is 9.59 Å². The molecule has 0 atom stereocenters. The molecule has 4 rings (SSSR count). The number of aromatic nitrogens is 2. The number of nitrogens with two attached hydrogens (primary N) is 4. The van der Waals surface area contributed by atoms with Crippen LogP contribution in [0.15, 0.2) is 84.8 Å². The maximum Gasteiger partial charge on any atom is 0.229 e. The van der Waals surface area contributed by atoms with Crippen LogP contribution in [-0.2, 0) is 22.4 Å². The normalized spacial score (nSPS) is 13.8. The summed E-state index contributed by atoms with van der Waals surface area (Å²) in [5.41, 5.74) is 26.1. The fourth-order valence-corrected chi connectivity index (χ4v) is 4.40. The van der Waals surface area contributed by atoms with E-state index in [2.05, 4.69) is 20.8 Å². The van der Waals surface area contributed by atoms with Crippen molar-refractivity contribution in [3.63, 3.8) is 0 Å². The number of rotatable bonds is 8. The van der Waals surface area contributed by atoms with Crippen molar-refractivity contribution in [1.29, 1.82) is 0 Å². The molecule has 0 aliphatic heterocycles. The minimum atomic E-state index is -0.199. The summed E-state index contributed by atoms with van der Waals surface area (Å²) >= 11 is 0. The molecule has 2 amide bonds. The van der Waals surface area contributed by atoms with Crippen molar-refractivity contribution in [3.05, 3.63) is 102 Å². The van der Waals surface area contributed by atoms with Gasteiger partial charge in [0.1, 0.15) is 5.82 Å². The van der Waals surface area contributed by atoms with Crippen LogP contribution in [0.25, 0.3) is 0 Å². The standard InChI is InChI=1S/C18H22N4O.C12H16N4O/c19-15-8-4-5-13(11-15)12-18(23)20-17-10-9-16(21-22-17)14-6-2-1-3-7-14;13-6-2-5-11(15)16-12(17)8-9-3-1-4-10(14)7-9/h4-5,8-11,14H,1-3,6-7,12,19H2,(H,20,22,23);1-7H,8,13-15H2,(H,16,17)/b;6-2-,11-5+. The largest absolute Gasteiger partial charge is 0.405 e. The van der Waals surface area contributed by atoms with E-state index in [1.165, 1.54) is 50.5 Å². The first-order valence-electron chi connectivity index (χ1n) is 13.3. The highest BCUT2D eigenvalue weighted by Crippen LogP contribution is 2.31. The Labute approximate surface area is 234 Å². The Morgan fingerprint density at radius 3 is 2.02 bits per heavy atom. The molecular formula is C30H38N8O2. The Hall–Kier alpha value is -4.86. The van der Waals surface area contributed by atoms with E-state index >= 15 is 0 Å². The molecule has 2 aromatic carbocycles. The van der Waals surface area contributed by atoms with Gasteiger partial charge in [0.2, 0.25) is 11.8 Å². The molecule has 10 N–H and O–H groups in total. The quantitative estimate of drug-likeness (QED) is 0.184. The average Bonchev–Trinajstić information content (AvgIpc) is 2.93. The van der Waals surface area contributed by atoms with Crippen LogP contribution in [0.1, 0.15) is 54.8 Å². The van der Waals surface area contributed by atoms with Gasteiger partial charge in [0.15, 0.2) is 5.82 Å². The summed E-state index contributed by atoms with van der Waals surface area (Å²) in [6, 6.07) is 18.3. The smallest absolute Gasteiger partial charge is 0.229 e. The molecule has 10 nitrogen and oxygen atoms in total. The predicted molar refractivity (Wildman–Crippen MR) is 159 cm³/mol. The van der Waals surface area contributed by atoms with Gasteiger partial charge in [-0.05, 0) is 78.7 Å². The fourth-order valence-electron chi connectivity index (χ4n) is 4.40. The first-order valence-corrected chi connectivity index (χ1v) is 13.3. The lowest BCUT2D eigenvalue weighted by Gasteiger charge is -2.20. The fraction of sp³-hybridized carbons (Fsp3) is 0.267. The van der Waals surface area contributed by atoms with E-state index in [9.17, 15) is 9.59 Å². The molecule has 0 bridgehead atoms. The highest BCUT2D eigenvalue weighted by Gasteiger charge is 2.17. The van der Waals surface area contributed by atoms with Gasteiger partial charge < -0.3 is 33.6 Å². The number of hydrogen-bond donors (Lipinski definition) is 6. The van der Waals surface area contributed by atoms with Crippen LogP contribution in [0.4, 0.5) is 17.2 Å². The monoisotopic (exact) mass is 542 g/mol. The molecule has 40 heavy (non-hydrogen) atoms. The molecule has 1 saturated carbocycles. The summed E-state index contributed by atoms with van der Waals surface area (Å²) in [5.74, 6) is 0.956. The number of benzene rings is 2. The summed E-state index contributed by atoms with van der Waals surface area (Å²) in [5, 5.41) is 13.8. The number of carbonyl (C=O) groups is 2. The Morgan fingerprint density at radius 1 is 0.850 bits per heavy atom. The van der Waals surface area contributed by atoms with Crippen molar-refractivity contribution >= 4 is 29.0 Å². The van der Waals surface area contributed by atoms with E-state index in [1.807, 2.05) is 30.3 Å². The molecule has 3 aromatic rings. The number of nitrogen functional groups attached to an aromatic ring is 2. The lowest BCUT2D eigenvalue weighted by molar-refractivity contribution is -0.119. The minimum absolute atomic E-state index is 0.115. The second-order valence-corrected chi connectivity index (χ2v) is 9.63. The van der Waals surface area contributed by atoms with Crippen molar-refractivity contribution in [1.82, 2.24) is 15.5 Å². The third kappa shape index (κ3) is 10.5. The zero-order valence-corrected chi connectivity index (χ0v) is 22.6. The Balaban J connectivity index is 0.000000232. The van der Waals surface area contributed by atoms with Gasteiger partial charge in [-0.25, -0.2) is 0 Å². The van der Waals surface area contributed by atoms with Crippen LogP contribution in [0.5, 0.6) is 0 Å². The molecule has 0 saturated heterocycles. The van der Waals surface area contributed by atoms with Crippen molar-refractivity contribution in [3.8, 4) is 0 Å². The molecule has 0 radical (unpaired) electrons. The SMILES string of the molecule is N/C=C\C=C(/N)NC(=O)Cc1cccc(N)c1.Nc1cccc(CC(=O)Nc2ccc(C3CCCCC3)nn2)c1. The number of allylic oxidation sites excluding steroid dienone is 2. The second-order valence-electron chi connectivity index (χ2n) is 9.63. The van der Waals surface area contributed by atoms with E-state index in [4.69, 9.17) is 22.9 Å². The van der Waals surface area contributed by atoms with Crippen molar-refractivity contribution in [2.75, 3.05) is 16.8 Å². The summed E-state index contributed by atoms with van der Waals surface area (Å²) in [7, 11) is 0. The van der Waals surface area contributed by atoms with Gasteiger partial charge in [0.25, 0.3) is 0 Å². The number of nitrogens with one attached hydrogen (secondary N) is 2. The Bertz CT molecular complexity index is 1320. The van der Waals surface area contributed by atoms with Gasteiger partial charge in [0.05, 0.1) is 18.5 Å². The molecule has 0 unspecified atom stereocenters. The van der Waals surface area contributed by atoms with Crippen LogP contribution in [0.2, 0.25) is 0 Å². The number of carbonyl (C=O) groups excluding carboxylic acids is 2. The van der Waals surface area contributed by atoms with Gasteiger partial charge in [0, 0.05) is 17.3 Å². The van der Waals surface area contributed by atoms with E-state index in [1.54, 1.807) is 30.3 Å². The van der Waals surface area contributed by atoms with E-state index in [0.29, 0.717) is 23.1 Å². The molecule has 1 aliphatic carbocycles. The first kappa shape index (κ1) is 29.7. The lowest BCUT2D eigenvalue weighted by atomic mass is 9.87. The van der Waals surface area contributed by atoms with Gasteiger partial charge in [-0.1, -0.05) is 43.5 Å². The number of hydrogen-bond acceptors (Lipinski definition) is 8. The van der Waals surface area contributed by atoms with Crippen LogP contribution in [-0.4, -0.2) is 22.0 Å². The lowest BCUT2D eigenvalue weighted by Crippen LogP contribution is -2.28. The first-order chi connectivity index (χ1) is 19.3. The molecule has 1 heterocycles. The van der Waals surface area contributed by atoms with Crippen LogP contribution in [0.3, 0.4) is 0 Å². The van der Waals surface area contributed by atoms with Gasteiger partial charge in [-0.2, -0.15) is 5.10 Å². The van der Waals surface area contributed by atoms with E-state index < -0.39 is 0 Å². The van der Waals surface area contributed by atoms with Gasteiger partial charge in [-0.15, -0.1) is 5.10 Å². The third-order valence-corrected chi connectivity index (χ3v) is 6.28. The highest BCUT2D eigenvalue weighted by atomic mass is 16.2. The Kier molecular flexibility index (Phi) is 11.5. The summed E-state index contributed by atoms with van der Waals surface area (Å²) in [4.78, 5) is 23.6. The number of nitrogens with zero attached hydrogens (tertiary/aromatic N) is 2. The van der Waals surface area contributed by atoms with Crippen LogP contribution < -0.4 is 33.6 Å². The van der Waals surface area contributed by atoms with Crippen LogP contribution >= 0.6 is 0 Å². The maximum atomic E-state index is 12.1. The summed E-state index contributed by atoms with van der Waals surface area (Å²) in [6.07, 6.45) is 11.1. The highest BCUT2D eigenvalue weighted by molar-refractivity contribution is 5.91. The van der Waals surface area contributed by atoms with E-state index in [-0.39, 0.29) is 30.5 Å². The average molecular weight is 543 g/mol. The molecule has 210 valence electrons. The van der Waals surface area contributed by atoms with Crippen molar-refractivity contribution in [2.45, 2.75) is 50.9 Å². The maximum absolute atomic E-state index is 12.1. The second kappa shape index (κ2) is 15.5. The van der Waals surface area contributed by atoms with E-state index in [0.717, 1.165) is 16.8 Å². The summed E-state index contributed by atoms with van der Waals surface area (Å²) < 4.78 is 0. The zero-order chi connectivity index (χ0) is 28.7. The molecule has 10 heteroatoms. The minimum Gasteiger partial charge on any atom is -0.405 e. The molecule has 1 aliphatic rings. The van der Waals surface area contributed by atoms with Crippen molar-refractivity contribution in [2.24, 2.45) is 11.5 Å². The zero-order valence-electron chi connectivity index (χ0n) is 22.6.